The third-order valence-electron chi connectivity index (χ3n) is 4.92. The van der Waals surface area contributed by atoms with E-state index in [-0.39, 0.29) is 4.75 Å². The van der Waals surface area contributed by atoms with Crippen LogP contribution in [-0.2, 0) is 4.75 Å². The van der Waals surface area contributed by atoms with Gasteiger partial charge in [0, 0.05) is 4.75 Å². The zero-order valence-corrected chi connectivity index (χ0v) is 13.1. The summed E-state index contributed by atoms with van der Waals surface area (Å²) in [5, 5.41) is 5.44. The van der Waals surface area contributed by atoms with E-state index in [2.05, 4.69) is 54.6 Å². The topological polar surface area (TPSA) is 0 Å². The molecular formula is C20H20S. The first kappa shape index (κ1) is 13.2. The molecule has 1 saturated carbocycles. The van der Waals surface area contributed by atoms with E-state index in [9.17, 15) is 0 Å². The highest BCUT2D eigenvalue weighted by atomic mass is 32.1. The molecule has 0 heterocycles. The van der Waals surface area contributed by atoms with Crippen molar-refractivity contribution >= 4 is 34.2 Å². The summed E-state index contributed by atoms with van der Waals surface area (Å²) in [5.74, 6) is 0. The Hall–Kier alpha value is -1.47. The molecule has 1 aliphatic rings. The van der Waals surface area contributed by atoms with E-state index in [1.807, 2.05) is 0 Å². The molecule has 0 N–H and O–H groups in total. The Kier molecular flexibility index (Phi) is 3.19. The summed E-state index contributed by atoms with van der Waals surface area (Å²) in [5.41, 5.74) is 1.46. The smallest absolute Gasteiger partial charge is 0.0390 e. The molecule has 0 aromatic heterocycles. The van der Waals surface area contributed by atoms with Crippen LogP contribution in [0.1, 0.15) is 37.7 Å². The molecule has 1 fully saturated rings. The average Bonchev–Trinajstić information content (AvgIpc) is 2.53. The maximum absolute atomic E-state index is 5.19. The first-order valence-electron chi connectivity index (χ1n) is 7.91. The third kappa shape index (κ3) is 2.15. The van der Waals surface area contributed by atoms with Crippen LogP contribution in [0, 0.1) is 0 Å². The lowest BCUT2D eigenvalue weighted by Crippen LogP contribution is -2.23. The Labute approximate surface area is 131 Å². The van der Waals surface area contributed by atoms with Crippen molar-refractivity contribution in [2.24, 2.45) is 0 Å². The second-order valence-corrected chi connectivity index (χ2v) is 7.14. The molecule has 0 radical (unpaired) electrons. The summed E-state index contributed by atoms with van der Waals surface area (Å²) in [4.78, 5) is 0. The van der Waals surface area contributed by atoms with E-state index >= 15 is 0 Å². The molecule has 0 atom stereocenters. The SMILES string of the molecule is SC1(c2c3ccccc3cc3ccccc23)CCCCC1. The molecular weight excluding hydrogens is 272 g/mol. The first-order chi connectivity index (χ1) is 10.3. The summed E-state index contributed by atoms with van der Waals surface area (Å²) in [6, 6.07) is 19.9. The van der Waals surface area contributed by atoms with Crippen LogP contribution in [-0.4, -0.2) is 0 Å². The highest BCUT2D eigenvalue weighted by molar-refractivity contribution is 7.81. The van der Waals surface area contributed by atoms with Crippen molar-refractivity contribution in [1.29, 1.82) is 0 Å². The summed E-state index contributed by atoms with van der Waals surface area (Å²) in [6.07, 6.45) is 6.31. The predicted molar refractivity (Wildman–Crippen MR) is 95.2 cm³/mol. The van der Waals surface area contributed by atoms with Crippen LogP contribution in [0.15, 0.2) is 54.6 Å². The molecule has 0 nitrogen and oxygen atoms in total. The minimum absolute atomic E-state index is 0.0265. The van der Waals surface area contributed by atoms with Gasteiger partial charge in [-0.3, -0.25) is 0 Å². The van der Waals surface area contributed by atoms with Crippen LogP contribution in [0.4, 0.5) is 0 Å². The lowest BCUT2D eigenvalue weighted by Gasteiger charge is -2.35. The van der Waals surface area contributed by atoms with Crippen LogP contribution in [0.2, 0.25) is 0 Å². The fourth-order valence-corrected chi connectivity index (χ4v) is 4.46. The van der Waals surface area contributed by atoms with Gasteiger partial charge in [0.25, 0.3) is 0 Å². The van der Waals surface area contributed by atoms with Gasteiger partial charge in [-0.05, 0) is 46.0 Å². The van der Waals surface area contributed by atoms with Crippen LogP contribution >= 0.6 is 12.6 Å². The van der Waals surface area contributed by atoms with Gasteiger partial charge in [0.15, 0.2) is 0 Å². The summed E-state index contributed by atoms with van der Waals surface area (Å²) in [7, 11) is 0. The molecule has 4 rings (SSSR count). The highest BCUT2D eigenvalue weighted by Gasteiger charge is 2.32. The zero-order chi connectivity index (χ0) is 14.3. The molecule has 3 aromatic carbocycles. The van der Waals surface area contributed by atoms with Gasteiger partial charge < -0.3 is 0 Å². The van der Waals surface area contributed by atoms with E-state index in [0.29, 0.717) is 0 Å². The Balaban J connectivity index is 2.11. The largest absolute Gasteiger partial charge is 0.168 e. The Morgan fingerprint density at radius 3 is 1.81 bits per heavy atom. The van der Waals surface area contributed by atoms with Crippen molar-refractivity contribution in [2.45, 2.75) is 36.9 Å². The van der Waals surface area contributed by atoms with E-state index < -0.39 is 0 Å². The van der Waals surface area contributed by atoms with Crippen molar-refractivity contribution in [3.63, 3.8) is 0 Å². The van der Waals surface area contributed by atoms with Gasteiger partial charge in [-0.2, -0.15) is 12.6 Å². The van der Waals surface area contributed by atoms with Crippen LogP contribution < -0.4 is 0 Å². The second-order valence-electron chi connectivity index (χ2n) is 6.29. The van der Waals surface area contributed by atoms with Crippen molar-refractivity contribution in [3.05, 3.63) is 60.2 Å². The van der Waals surface area contributed by atoms with Gasteiger partial charge in [0.2, 0.25) is 0 Å². The monoisotopic (exact) mass is 292 g/mol. The number of thiol groups is 1. The number of fused-ring (bicyclic) bond motifs is 2. The molecule has 0 unspecified atom stereocenters. The minimum Gasteiger partial charge on any atom is -0.168 e. The summed E-state index contributed by atoms with van der Waals surface area (Å²) < 4.78 is 0.0265. The maximum Gasteiger partial charge on any atom is 0.0390 e. The predicted octanol–water partition coefficient (Wildman–Crippen LogP) is 6.08. The molecule has 1 aliphatic carbocycles. The van der Waals surface area contributed by atoms with Gasteiger partial charge in [0.05, 0.1) is 0 Å². The molecule has 0 saturated heterocycles. The summed E-state index contributed by atoms with van der Waals surface area (Å²) >= 11 is 5.19. The first-order valence-corrected chi connectivity index (χ1v) is 8.36. The van der Waals surface area contributed by atoms with Crippen molar-refractivity contribution in [2.75, 3.05) is 0 Å². The Morgan fingerprint density at radius 2 is 1.24 bits per heavy atom. The molecule has 0 aliphatic heterocycles. The molecule has 0 bridgehead atoms. The molecule has 3 aromatic rings. The van der Waals surface area contributed by atoms with Gasteiger partial charge in [-0.1, -0.05) is 67.8 Å². The van der Waals surface area contributed by atoms with E-state index in [1.165, 1.54) is 59.2 Å². The quantitative estimate of drug-likeness (QED) is 0.407. The highest BCUT2D eigenvalue weighted by Crippen LogP contribution is 2.47. The average molecular weight is 292 g/mol. The van der Waals surface area contributed by atoms with Crippen molar-refractivity contribution in [1.82, 2.24) is 0 Å². The number of benzene rings is 3. The standard InChI is InChI=1S/C20H20S/c21-20(12-6-1-7-13-20)19-17-10-4-2-8-15(17)14-16-9-3-5-11-18(16)19/h2-5,8-11,14,21H,1,6-7,12-13H2. The van der Waals surface area contributed by atoms with Crippen LogP contribution in [0.25, 0.3) is 21.5 Å². The lowest BCUT2D eigenvalue weighted by atomic mass is 9.79. The van der Waals surface area contributed by atoms with E-state index in [4.69, 9.17) is 12.6 Å². The lowest BCUT2D eigenvalue weighted by molar-refractivity contribution is 0.414. The minimum atomic E-state index is 0.0265. The Morgan fingerprint density at radius 1 is 0.714 bits per heavy atom. The van der Waals surface area contributed by atoms with Crippen molar-refractivity contribution < 1.29 is 0 Å². The molecule has 21 heavy (non-hydrogen) atoms. The van der Waals surface area contributed by atoms with Gasteiger partial charge in [-0.15, -0.1) is 0 Å². The second kappa shape index (κ2) is 5.06. The van der Waals surface area contributed by atoms with Crippen molar-refractivity contribution in [3.8, 4) is 0 Å². The fourth-order valence-electron chi connectivity index (χ4n) is 3.90. The third-order valence-corrected chi connectivity index (χ3v) is 5.59. The normalized spacial score (nSPS) is 18.1. The molecule has 0 amide bonds. The van der Waals surface area contributed by atoms with E-state index in [1.54, 1.807) is 0 Å². The number of hydrogen-bond acceptors (Lipinski definition) is 1. The van der Waals surface area contributed by atoms with Crippen LogP contribution in [0.5, 0.6) is 0 Å². The molecule has 106 valence electrons. The van der Waals surface area contributed by atoms with Gasteiger partial charge in [-0.25, -0.2) is 0 Å². The zero-order valence-electron chi connectivity index (χ0n) is 12.2. The van der Waals surface area contributed by atoms with Gasteiger partial charge in [0.1, 0.15) is 0 Å². The number of hydrogen-bond donors (Lipinski definition) is 1. The Bertz CT molecular complexity index is 743. The van der Waals surface area contributed by atoms with E-state index in [0.717, 1.165) is 0 Å². The summed E-state index contributed by atoms with van der Waals surface area (Å²) in [6.45, 7) is 0. The molecule has 1 heteroatoms. The molecule has 0 spiro atoms. The van der Waals surface area contributed by atoms with Gasteiger partial charge >= 0.3 is 0 Å². The maximum atomic E-state index is 5.19. The fraction of sp³-hybridized carbons (Fsp3) is 0.300. The van der Waals surface area contributed by atoms with Crippen LogP contribution in [0.3, 0.4) is 0 Å². The number of rotatable bonds is 1.